The van der Waals surface area contributed by atoms with Gasteiger partial charge in [0.05, 0.1) is 0 Å². The molecule has 2 aromatic rings. The summed E-state index contributed by atoms with van der Waals surface area (Å²) in [6, 6.07) is 4.52. The third kappa shape index (κ3) is 1.17. The van der Waals surface area contributed by atoms with Crippen molar-refractivity contribution in [1.82, 2.24) is 0 Å². The van der Waals surface area contributed by atoms with Crippen molar-refractivity contribution in [1.29, 1.82) is 0 Å². The lowest BCUT2D eigenvalue weighted by molar-refractivity contribution is 0.405. The predicted molar refractivity (Wildman–Crippen MR) is 57.8 cm³/mol. The molecule has 0 amide bonds. The van der Waals surface area contributed by atoms with Crippen molar-refractivity contribution >= 4 is 22.1 Å². The molecule has 0 aliphatic carbocycles. The Hall–Kier alpha value is -2.30. The Morgan fingerprint density at radius 3 is 2.13 bits per heavy atom. The van der Waals surface area contributed by atoms with Crippen molar-refractivity contribution in [3.8, 4) is 17.2 Å². The lowest BCUT2D eigenvalue weighted by atomic mass is 10.1. The van der Waals surface area contributed by atoms with Gasteiger partial charge in [-0.1, -0.05) is 0 Å². The van der Waals surface area contributed by atoms with Crippen LogP contribution in [-0.2, 0) is 0 Å². The molecule has 2 rings (SSSR count). The van der Waals surface area contributed by atoms with Crippen molar-refractivity contribution in [2.24, 2.45) is 0 Å². The molecule has 5 heteroatoms. The first kappa shape index (κ1) is 9.26. The summed E-state index contributed by atoms with van der Waals surface area (Å²) >= 11 is 0. The maximum absolute atomic E-state index is 9.64. The lowest BCUT2D eigenvalue weighted by Gasteiger charge is -2.09. The van der Waals surface area contributed by atoms with E-state index in [0.717, 1.165) is 0 Å². The molecule has 0 saturated heterocycles. The van der Waals surface area contributed by atoms with Crippen LogP contribution in [0.3, 0.4) is 0 Å². The van der Waals surface area contributed by atoms with Gasteiger partial charge in [-0.3, -0.25) is 0 Å². The van der Waals surface area contributed by atoms with Gasteiger partial charge in [-0.05, 0) is 18.2 Å². The smallest absolute Gasteiger partial charge is 0.185 e. The molecule has 0 aromatic heterocycles. The maximum atomic E-state index is 9.64. The minimum atomic E-state index is -0.523. The predicted octanol–water partition coefficient (Wildman–Crippen LogP) is 1.12. The van der Waals surface area contributed by atoms with E-state index >= 15 is 0 Å². The zero-order valence-electron chi connectivity index (χ0n) is 7.73. The average Bonchev–Trinajstić information content (AvgIpc) is 2.23. The minimum Gasteiger partial charge on any atom is -0.505 e. The quantitative estimate of drug-likeness (QED) is 0.252. The number of hydrogen-bond acceptors (Lipinski definition) is 5. The largest absolute Gasteiger partial charge is 0.505 e. The summed E-state index contributed by atoms with van der Waals surface area (Å²) in [4.78, 5) is 0. The minimum absolute atomic E-state index is 0.259. The van der Waals surface area contributed by atoms with Gasteiger partial charge in [-0.25, -0.2) is 0 Å². The number of fused-ring (bicyclic) bond motifs is 1. The third-order valence-corrected chi connectivity index (χ3v) is 2.29. The van der Waals surface area contributed by atoms with Gasteiger partial charge >= 0.3 is 0 Å². The summed E-state index contributed by atoms with van der Waals surface area (Å²) in [7, 11) is 0. The number of phenolic OH excluding ortho intramolecular Hbond substituents is 3. The Morgan fingerprint density at radius 2 is 1.47 bits per heavy atom. The van der Waals surface area contributed by atoms with Gasteiger partial charge in [0.25, 0.3) is 0 Å². The van der Waals surface area contributed by atoms with Crippen LogP contribution in [0.4, 0.5) is 11.4 Å². The van der Waals surface area contributed by atoms with Gasteiger partial charge in [0.15, 0.2) is 11.5 Å². The van der Waals surface area contributed by atoms with Crippen molar-refractivity contribution in [3.05, 3.63) is 18.2 Å². The summed E-state index contributed by atoms with van der Waals surface area (Å²) in [5.41, 5.74) is 11.1. The molecule has 5 nitrogen and oxygen atoms in total. The SMILES string of the molecule is Nc1ccc2c(O)c(O)c(N)c(O)c2c1. The van der Waals surface area contributed by atoms with Crippen LogP contribution in [0.5, 0.6) is 17.2 Å². The molecule has 0 heterocycles. The summed E-state index contributed by atoms with van der Waals surface area (Å²) < 4.78 is 0. The Bertz CT molecular complexity index is 552. The van der Waals surface area contributed by atoms with Crippen LogP contribution in [0.1, 0.15) is 0 Å². The van der Waals surface area contributed by atoms with Crippen LogP contribution >= 0.6 is 0 Å². The molecule has 0 bridgehead atoms. The molecule has 0 saturated carbocycles. The summed E-state index contributed by atoms with van der Waals surface area (Å²) in [5, 5.41) is 29.2. The number of aromatic hydroxyl groups is 3. The van der Waals surface area contributed by atoms with Gasteiger partial charge in [0.2, 0.25) is 0 Å². The van der Waals surface area contributed by atoms with E-state index in [1.54, 1.807) is 6.07 Å². The fourth-order valence-electron chi connectivity index (χ4n) is 1.48. The first-order valence-electron chi connectivity index (χ1n) is 4.24. The Morgan fingerprint density at radius 1 is 0.800 bits per heavy atom. The Labute approximate surface area is 85.2 Å². The van der Waals surface area contributed by atoms with Crippen molar-refractivity contribution in [3.63, 3.8) is 0 Å². The molecule has 0 unspecified atom stereocenters. The highest BCUT2D eigenvalue weighted by molar-refractivity contribution is 6.01. The number of phenols is 3. The summed E-state index contributed by atoms with van der Waals surface area (Å²) in [6.45, 7) is 0. The van der Waals surface area contributed by atoms with Crippen LogP contribution in [0, 0.1) is 0 Å². The van der Waals surface area contributed by atoms with Crippen molar-refractivity contribution in [2.45, 2.75) is 0 Å². The van der Waals surface area contributed by atoms with Crippen molar-refractivity contribution in [2.75, 3.05) is 11.5 Å². The lowest BCUT2D eigenvalue weighted by Crippen LogP contribution is -1.90. The number of rotatable bonds is 0. The molecule has 0 spiro atoms. The van der Waals surface area contributed by atoms with Crippen LogP contribution in [0.25, 0.3) is 10.8 Å². The van der Waals surface area contributed by atoms with Gasteiger partial charge in [-0.15, -0.1) is 0 Å². The molecule has 2 aromatic carbocycles. The number of benzene rings is 2. The third-order valence-electron chi connectivity index (χ3n) is 2.29. The van der Waals surface area contributed by atoms with Crippen molar-refractivity contribution < 1.29 is 15.3 Å². The molecule has 78 valence electrons. The van der Waals surface area contributed by atoms with Gasteiger partial charge in [-0.2, -0.15) is 0 Å². The fraction of sp³-hybridized carbons (Fsp3) is 0. The van der Waals surface area contributed by atoms with Crippen LogP contribution in [-0.4, -0.2) is 15.3 Å². The molecule has 15 heavy (non-hydrogen) atoms. The summed E-state index contributed by atoms with van der Waals surface area (Å²) in [5.74, 6) is -1.17. The van der Waals surface area contributed by atoms with E-state index in [1.807, 2.05) is 0 Å². The van der Waals surface area contributed by atoms with E-state index in [2.05, 4.69) is 0 Å². The topological polar surface area (TPSA) is 113 Å². The first-order valence-corrected chi connectivity index (χ1v) is 4.24. The molecule has 7 N–H and O–H groups in total. The second-order valence-corrected chi connectivity index (χ2v) is 3.26. The number of anilines is 2. The molecular weight excluding hydrogens is 196 g/mol. The zero-order valence-corrected chi connectivity index (χ0v) is 7.73. The molecule has 0 atom stereocenters. The highest BCUT2D eigenvalue weighted by Gasteiger charge is 2.15. The molecule has 0 aliphatic rings. The summed E-state index contributed by atoms with van der Waals surface area (Å²) in [6.07, 6.45) is 0. The normalized spacial score (nSPS) is 10.7. The van der Waals surface area contributed by atoms with Crippen LogP contribution in [0.15, 0.2) is 18.2 Å². The van der Waals surface area contributed by atoms with Crippen LogP contribution in [0.2, 0.25) is 0 Å². The fourth-order valence-corrected chi connectivity index (χ4v) is 1.48. The Balaban J connectivity index is 3.00. The second-order valence-electron chi connectivity index (χ2n) is 3.26. The standard InChI is InChI=1S/C10H10N2O3/c11-4-1-2-5-6(3-4)8(13)7(12)10(15)9(5)14/h1-3,13-15H,11-12H2. The number of nitrogens with two attached hydrogens (primary N) is 2. The van der Waals surface area contributed by atoms with E-state index in [-0.39, 0.29) is 17.2 Å². The van der Waals surface area contributed by atoms with Gasteiger partial charge < -0.3 is 26.8 Å². The van der Waals surface area contributed by atoms with E-state index in [0.29, 0.717) is 16.5 Å². The second kappa shape index (κ2) is 2.84. The van der Waals surface area contributed by atoms with E-state index in [1.165, 1.54) is 12.1 Å². The molecule has 0 aliphatic heterocycles. The van der Waals surface area contributed by atoms with Gasteiger partial charge in [0.1, 0.15) is 11.4 Å². The average molecular weight is 206 g/mol. The van der Waals surface area contributed by atoms with E-state index < -0.39 is 5.75 Å². The highest BCUT2D eigenvalue weighted by atomic mass is 16.3. The maximum Gasteiger partial charge on any atom is 0.185 e. The number of nitrogen functional groups attached to an aromatic ring is 2. The van der Waals surface area contributed by atoms with Gasteiger partial charge in [0, 0.05) is 16.5 Å². The first-order chi connectivity index (χ1) is 7.02. The molecular formula is C10H10N2O3. The molecule has 0 fully saturated rings. The van der Waals surface area contributed by atoms with E-state index in [9.17, 15) is 15.3 Å². The monoisotopic (exact) mass is 206 g/mol. The highest BCUT2D eigenvalue weighted by Crippen LogP contribution is 2.46. The van der Waals surface area contributed by atoms with Crippen LogP contribution < -0.4 is 11.5 Å². The Kier molecular flexibility index (Phi) is 1.76. The number of hydrogen-bond donors (Lipinski definition) is 5. The molecule has 0 radical (unpaired) electrons. The zero-order chi connectivity index (χ0) is 11.2. The van der Waals surface area contributed by atoms with E-state index in [4.69, 9.17) is 11.5 Å².